The third-order valence-electron chi connectivity index (χ3n) is 7.78. The summed E-state index contributed by atoms with van der Waals surface area (Å²) in [5.74, 6) is -2.13. The summed E-state index contributed by atoms with van der Waals surface area (Å²) in [6, 6.07) is 14.8. The quantitative estimate of drug-likeness (QED) is 0.215. The van der Waals surface area contributed by atoms with Crippen LogP contribution in [0, 0.1) is 18.6 Å². The number of likely N-dealkylation sites (tertiary alicyclic amines) is 1. The second-order valence-electron chi connectivity index (χ2n) is 10.5. The van der Waals surface area contributed by atoms with Crippen LogP contribution in [0.5, 0.6) is 0 Å². The van der Waals surface area contributed by atoms with Gasteiger partial charge in [-0.05, 0) is 73.9 Å². The fourth-order valence-corrected chi connectivity index (χ4v) is 6.10. The molecule has 2 aromatic carbocycles. The Hall–Kier alpha value is -4.06. The molecule has 0 N–H and O–H groups in total. The molecule has 0 bridgehead atoms. The van der Waals surface area contributed by atoms with Crippen LogP contribution in [-0.4, -0.2) is 42.1 Å². The van der Waals surface area contributed by atoms with E-state index < -0.39 is 21.8 Å². The monoisotopic (exact) mass is 590 g/mol. The summed E-state index contributed by atoms with van der Waals surface area (Å²) in [5.41, 5.74) is 4.28. The van der Waals surface area contributed by atoms with Gasteiger partial charge in [0.05, 0.1) is 17.9 Å². The summed E-state index contributed by atoms with van der Waals surface area (Å²) < 4.78 is 64.6. The Morgan fingerprint density at radius 2 is 1.76 bits per heavy atom. The number of ether oxygens (including phenoxy) is 1. The van der Waals surface area contributed by atoms with E-state index in [4.69, 9.17) is 9.02 Å². The van der Waals surface area contributed by atoms with Crippen LogP contribution < -0.4 is 0 Å². The van der Waals surface area contributed by atoms with E-state index in [0.29, 0.717) is 18.7 Å². The van der Waals surface area contributed by atoms with E-state index in [2.05, 4.69) is 20.0 Å². The number of hydrogen-bond donors (Lipinski definition) is 0. The molecule has 4 aromatic rings. The van der Waals surface area contributed by atoms with Gasteiger partial charge in [-0.2, -0.15) is 8.42 Å². The van der Waals surface area contributed by atoms with E-state index >= 15 is 0 Å². The lowest BCUT2D eigenvalue weighted by Gasteiger charge is -2.39. The van der Waals surface area contributed by atoms with E-state index in [1.807, 2.05) is 19.2 Å². The Balaban J connectivity index is 1.19. The summed E-state index contributed by atoms with van der Waals surface area (Å²) in [7, 11) is -4.26. The van der Waals surface area contributed by atoms with Gasteiger partial charge < -0.3 is 4.74 Å². The molecule has 2 aliphatic heterocycles. The largest absolute Gasteiger partial charge is 0.365 e. The molecule has 1 saturated heterocycles. The molecule has 42 heavy (non-hydrogen) atoms. The number of hydrogen-bond acceptors (Lipinski definition) is 8. The minimum Gasteiger partial charge on any atom is -0.365 e. The first-order valence-corrected chi connectivity index (χ1v) is 14.9. The SMILES string of the molecule is Cc1ccc(S(=O)(=O)O/N=C(/c2ccc(CN3CCC4(CC3)OCc3ccncc34)nc2)c2ccc(F)c(F)c2)cc1. The average molecular weight is 591 g/mol. The molecule has 4 heterocycles. The maximum absolute atomic E-state index is 14.1. The Bertz CT molecular complexity index is 1740. The molecule has 8 nitrogen and oxygen atoms in total. The maximum Gasteiger partial charge on any atom is 0.358 e. The molecule has 0 unspecified atom stereocenters. The Kier molecular flexibility index (Phi) is 7.56. The Morgan fingerprint density at radius 1 is 1.00 bits per heavy atom. The van der Waals surface area contributed by atoms with Gasteiger partial charge in [0.15, 0.2) is 11.6 Å². The van der Waals surface area contributed by atoms with Crippen LogP contribution in [0.15, 0.2) is 89.3 Å². The fraction of sp³-hybridized carbons (Fsp3) is 0.258. The standard InChI is InChI=1S/C31H28F2N4O4S/c1-21-2-7-26(8-3-21)42(38,39)41-36-30(22-5-9-28(32)29(33)16-22)23-4-6-25(35-17-23)19-37-14-11-31(12-15-37)27-18-34-13-10-24(27)20-40-31/h2-10,13,16-18H,11-12,14-15,19-20H2,1H3/b36-30+. The van der Waals surface area contributed by atoms with Gasteiger partial charge in [0, 0.05) is 54.9 Å². The maximum atomic E-state index is 14.1. The number of piperidine rings is 1. The topological polar surface area (TPSA) is 94.0 Å². The van der Waals surface area contributed by atoms with E-state index in [1.165, 1.54) is 35.5 Å². The highest BCUT2D eigenvalue weighted by Gasteiger charge is 2.42. The van der Waals surface area contributed by atoms with Crippen molar-refractivity contribution >= 4 is 15.8 Å². The van der Waals surface area contributed by atoms with E-state index in [0.717, 1.165) is 49.3 Å². The second-order valence-corrected chi connectivity index (χ2v) is 12.1. The van der Waals surface area contributed by atoms with Crippen molar-refractivity contribution in [3.8, 4) is 0 Å². The first-order valence-electron chi connectivity index (χ1n) is 13.5. The minimum absolute atomic E-state index is 0.00536. The molecule has 0 radical (unpaired) electrons. The molecule has 0 aliphatic carbocycles. The van der Waals surface area contributed by atoms with E-state index in [-0.39, 0.29) is 21.8 Å². The lowest BCUT2D eigenvalue weighted by atomic mass is 9.85. The molecule has 2 aliphatic rings. The van der Waals surface area contributed by atoms with Crippen LogP contribution in [-0.2, 0) is 37.9 Å². The van der Waals surface area contributed by atoms with Crippen molar-refractivity contribution in [2.45, 2.75) is 43.4 Å². The zero-order valence-corrected chi connectivity index (χ0v) is 23.7. The van der Waals surface area contributed by atoms with Crippen molar-refractivity contribution in [3.63, 3.8) is 0 Å². The lowest BCUT2D eigenvalue weighted by molar-refractivity contribution is -0.0801. The third-order valence-corrected chi connectivity index (χ3v) is 8.90. The molecular weight excluding hydrogens is 562 g/mol. The molecule has 11 heteroatoms. The van der Waals surface area contributed by atoms with Crippen LogP contribution in [0.2, 0.25) is 0 Å². The van der Waals surface area contributed by atoms with Gasteiger partial charge in [-0.25, -0.2) is 8.78 Å². The number of benzene rings is 2. The van der Waals surface area contributed by atoms with Crippen LogP contribution in [0.25, 0.3) is 0 Å². The number of rotatable bonds is 7. The van der Waals surface area contributed by atoms with Crippen molar-refractivity contribution < 1.29 is 26.2 Å². The van der Waals surface area contributed by atoms with Crippen molar-refractivity contribution in [1.82, 2.24) is 14.9 Å². The highest BCUT2D eigenvalue weighted by molar-refractivity contribution is 7.86. The first kappa shape index (κ1) is 28.1. The molecule has 0 atom stereocenters. The first-order chi connectivity index (χ1) is 20.2. The number of halogens is 2. The van der Waals surface area contributed by atoms with Gasteiger partial charge in [0.1, 0.15) is 10.6 Å². The molecule has 1 spiro atoms. The third kappa shape index (κ3) is 5.67. The summed E-state index contributed by atoms with van der Waals surface area (Å²) in [4.78, 5) is 11.1. The van der Waals surface area contributed by atoms with Crippen LogP contribution in [0.1, 0.15) is 46.4 Å². The predicted octanol–water partition coefficient (Wildman–Crippen LogP) is 5.24. The number of aromatic nitrogens is 2. The molecule has 0 amide bonds. The Morgan fingerprint density at radius 3 is 2.48 bits per heavy atom. The van der Waals surface area contributed by atoms with Crippen LogP contribution >= 0.6 is 0 Å². The predicted molar refractivity (Wildman–Crippen MR) is 151 cm³/mol. The normalized spacial score (nSPS) is 16.9. The molecule has 2 aromatic heterocycles. The number of fused-ring (bicyclic) bond motifs is 2. The number of pyridine rings is 2. The zero-order chi connectivity index (χ0) is 29.3. The van der Waals surface area contributed by atoms with Gasteiger partial charge in [0.25, 0.3) is 0 Å². The summed E-state index contributed by atoms with van der Waals surface area (Å²) >= 11 is 0. The van der Waals surface area contributed by atoms with Crippen molar-refractivity contribution in [2.75, 3.05) is 13.1 Å². The molecule has 216 valence electrons. The van der Waals surface area contributed by atoms with Gasteiger partial charge in [0.2, 0.25) is 0 Å². The number of aryl methyl sites for hydroxylation is 1. The summed E-state index contributed by atoms with van der Waals surface area (Å²) in [6.07, 6.45) is 6.93. The highest BCUT2D eigenvalue weighted by atomic mass is 32.2. The average Bonchev–Trinajstić information content (AvgIpc) is 3.35. The van der Waals surface area contributed by atoms with Crippen molar-refractivity contribution in [3.05, 3.63) is 124 Å². The Labute approximate surface area is 242 Å². The minimum atomic E-state index is -4.26. The van der Waals surface area contributed by atoms with Gasteiger partial charge in [-0.15, -0.1) is 0 Å². The molecule has 0 saturated carbocycles. The molecule has 1 fully saturated rings. The fourth-order valence-electron chi connectivity index (χ4n) is 5.38. The summed E-state index contributed by atoms with van der Waals surface area (Å²) in [6.45, 7) is 4.69. The zero-order valence-electron chi connectivity index (χ0n) is 22.8. The smallest absolute Gasteiger partial charge is 0.358 e. The van der Waals surface area contributed by atoms with E-state index in [9.17, 15) is 17.2 Å². The molecular formula is C31H28F2N4O4S. The highest BCUT2D eigenvalue weighted by Crippen LogP contribution is 2.43. The van der Waals surface area contributed by atoms with Gasteiger partial charge in [-0.3, -0.25) is 19.2 Å². The van der Waals surface area contributed by atoms with Gasteiger partial charge in [-0.1, -0.05) is 22.9 Å². The van der Waals surface area contributed by atoms with Gasteiger partial charge >= 0.3 is 10.1 Å². The number of nitrogens with zero attached hydrogens (tertiary/aromatic N) is 4. The van der Waals surface area contributed by atoms with Crippen molar-refractivity contribution in [1.29, 1.82) is 0 Å². The second kappa shape index (κ2) is 11.3. The van der Waals surface area contributed by atoms with Crippen LogP contribution in [0.3, 0.4) is 0 Å². The number of oxime groups is 1. The van der Waals surface area contributed by atoms with Crippen molar-refractivity contribution in [2.24, 2.45) is 5.16 Å². The lowest BCUT2D eigenvalue weighted by Crippen LogP contribution is -2.42. The summed E-state index contributed by atoms with van der Waals surface area (Å²) in [5, 5.41) is 3.88. The van der Waals surface area contributed by atoms with Crippen LogP contribution in [0.4, 0.5) is 8.78 Å². The van der Waals surface area contributed by atoms with E-state index in [1.54, 1.807) is 30.5 Å². The molecule has 6 rings (SSSR count).